The molecule has 0 N–H and O–H groups in total. The first-order valence-electron chi connectivity index (χ1n) is 9.55. The molecule has 144 valence electrons. The predicted molar refractivity (Wildman–Crippen MR) is 115 cm³/mol. The molecule has 2 aliphatic rings. The van der Waals surface area contributed by atoms with E-state index in [2.05, 4.69) is 36.9 Å². The maximum Gasteiger partial charge on any atom is 0.228 e. The van der Waals surface area contributed by atoms with E-state index in [0.29, 0.717) is 11.3 Å². The van der Waals surface area contributed by atoms with Crippen molar-refractivity contribution in [2.24, 2.45) is 4.99 Å². The van der Waals surface area contributed by atoms with Crippen molar-refractivity contribution in [1.29, 1.82) is 5.26 Å². The minimum atomic E-state index is -0.802. The predicted octanol–water partition coefficient (Wildman–Crippen LogP) is 4.94. The number of methoxy groups -OCH3 is 1. The smallest absolute Gasteiger partial charge is 0.228 e. The second-order valence-electron chi connectivity index (χ2n) is 8.05. The standard InChI is InChI=1S/C24H21N3O2/c1-23(2)19-12-16(28-4)9-10-20(19)27(3)24(23)14-26-22-18-8-6-5-7-17(18)15(13-25)11-21(22)29-24/h5-12,14H,1-4H3. The zero-order valence-corrected chi connectivity index (χ0v) is 16.9. The second-order valence-corrected chi connectivity index (χ2v) is 8.05. The molecular formula is C24H21N3O2. The van der Waals surface area contributed by atoms with Crippen LogP contribution in [0.5, 0.6) is 11.5 Å². The third kappa shape index (κ3) is 2.11. The lowest BCUT2D eigenvalue weighted by Gasteiger charge is -2.45. The van der Waals surface area contributed by atoms with Crippen molar-refractivity contribution in [2.75, 3.05) is 19.1 Å². The third-order valence-electron chi connectivity index (χ3n) is 6.37. The van der Waals surface area contributed by atoms with Gasteiger partial charge < -0.3 is 14.4 Å². The summed E-state index contributed by atoms with van der Waals surface area (Å²) < 4.78 is 12.1. The number of nitrogens with zero attached hydrogens (tertiary/aromatic N) is 3. The molecule has 0 bridgehead atoms. The highest BCUT2D eigenvalue weighted by Gasteiger charge is 2.58. The van der Waals surface area contributed by atoms with E-state index in [9.17, 15) is 5.26 Å². The van der Waals surface area contributed by atoms with Gasteiger partial charge in [-0.15, -0.1) is 0 Å². The van der Waals surface area contributed by atoms with Gasteiger partial charge in [-0.3, -0.25) is 4.99 Å². The topological polar surface area (TPSA) is 57.9 Å². The number of benzene rings is 3. The van der Waals surface area contributed by atoms with Gasteiger partial charge in [0.25, 0.3) is 0 Å². The van der Waals surface area contributed by atoms with Crippen LogP contribution in [-0.2, 0) is 5.41 Å². The summed E-state index contributed by atoms with van der Waals surface area (Å²) in [6.45, 7) is 4.30. The first-order valence-corrected chi connectivity index (χ1v) is 9.55. The van der Waals surface area contributed by atoms with E-state index in [-0.39, 0.29) is 0 Å². The van der Waals surface area contributed by atoms with E-state index < -0.39 is 11.1 Å². The van der Waals surface area contributed by atoms with Crippen molar-refractivity contribution >= 4 is 28.4 Å². The zero-order chi connectivity index (χ0) is 20.4. The molecule has 29 heavy (non-hydrogen) atoms. The summed E-state index contributed by atoms with van der Waals surface area (Å²) in [7, 11) is 3.69. The molecule has 2 heterocycles. The second kappa shape index (κ2) is 5.74. The Hall–Kier alpha value is -3.52. The Labute approximate surface area is 169 Å². The van der Waals surface area contributed by atoms with Crippen molar-refractivity contribution in [3.63, 3.8) is 0 Å². The number of likely N-dealkylation sites (N-methyl/N-ethyl adjacent to an activating group) is 1. The van der Waals surface area contributed by atoms with E-state index in [1.165, 1.54) is 0 Å². The molecule has 5 rings (SSSR count). The van der Waals surface area contributed by atoms with Crippen molar-refractivity contribution in [3.05, 3.63) is 59.7 Å². The molecule has 0 aliphatic carbocycles. The molecule has 5 heteroatoms. The number of hydrogen-bond donors (Lipinski definition) is 0. The van der Waals surface area contributed by atoms with Crippen molar-refractivity contribution in [3.8, 4) is 17.6 Å². The lowest BCUT2D eigenvalue weighted by molar-refractivity contribution is 0.0826. The Morgan fingerprint density at radius 2 is 1.86 bits per heavy atom. The van der Waals surface area contributed by atoms with Crippen molar-refractivity contribution in [1.82, 2.24) is 0 Å². The Kier molecular flexibility index (Phi) is 3.48. The summed E-state index contributed by atoms with van der Waals surface area (Å²) >= 11 is 0. The molecule has 1 spiro atoms. The lowest BCUT2D eigenvalue weighted by Crippen LogP contribution is -2.61. The normalized spacial score (nSPS) is 20.9. The van der Waals surface area contributed by atoms with Gasteiger partial charge in [0.05, 0.1) is 30.4 Å². The van der Waals surface area contributed by atoms with Crippen LogP contribution >= 0.6 is 0 Å². The number of aliphatic imine (C=N–C) groups is 1. The maximum absolute atomic E-state index is 9.68. The zero-order valence-electron chi connectivity index (χ0n) is 16.9. The molecule has 0 aromatic heterocycles. The molecular weight excluding hydrogens is 362 g/mol. The number of ether oxygens (including phenoxy) is 2. The van der Waals surface area contributed by atoms with E-state index in [4.69, 9.17) is 14.5 Å². The average molecular weight is 383 g/mol. The van der Waals surface area contributed by atoms with Crippen molar-refractivity contribution < 1.29 is 9.47 Å². The average Bonchev–Trinajstić information content (AvgIpc) is 2.91. The fourth-order valence-corrected chi connectivity index (χ4v) is 4.65. The Morgan fingerprint density at radius 1 is 1.10 bits per heavy atom. The summed E-state index contributed by atoms with van der Waals surface area (Å²) in [6.07, 6.45) is 1.90. The van der Waals surface area contributed by atoms with Crippen LogP contribution in [0.4, 0.5) is 11.4 Å². The highest BCUT2D eigenvalue weighted by Crippen LogP contribution is 2.55. The summed E-state index contributed by atoms with van der Waals surface area (Å²) in [5.41, 5.74) is 2.37. The van der Waals surface area contributed by atoms with E-state index in [0.717, 1.165) is 33.5 Å². The minimum absolute atomic E-state index is 0.398. The van der Waals surface area contributed by atoms with Gasteiger partial charge >= 0.3 is 0 Å². The number of anilines is 1. The number of rotatable bonds is 1. The van der Waals surface area contributed by atoms with Gasteiger partial charge in [0.2, 0.25) is 5.72 Å². The Balaban J connectivity index is 1.72. The fourth-order valence-electron chi connectivity index (χ4n) is 4.65. The number of fused-ring (bicyclic) bond motifs is 4. The van der Waals surface area contributed by atoms with E-state index in [1.54, 1.807) is 7.11 Å². The van der Waals surface area contributed by atoms with Crippen LogP contribution in [-0.4, -0.2) is 26.1 Å². The molecule has 1 unspecified atom stereocenters. The minimum Gasteiger partial charge on any atom is -0.497 e. The van der Waals surface area contributed by atoms with Gasteiger partial charge in [-0.05, 0) is 37.6 Å². The summed E-state index contributed by atoms with van der Waals surface area (Å²) in [5.74, 6) is 1.44. The summed E-state index contributed by atoms with van der Waals surface area (Å²) in [5, 5.41) is 11.5. The number of hydrogen-bond acceptors (Lipinski definition) is 5. The highest BCUT2D eigenvalue weighted by atomic mass is 16.5. The Morgan fingerprint density at radius 3 is 2.59 bits per heavy atom. The van der Waals surface area contributed by atoms with Crippen LogP contribution in [0.3, 0.4) is 0 Å². The first-order chi connectivity index (χ1) is 13.9. The molecule has 3 aromatic carbocycles. The molecule has 0 radical (unpaired) electrons. The van der Waals surface area contributed by atoms with Crippen LogP contribution in [0, 0.1) is 11.3 Å². The van der Waals surface area contributed by atoms with Crippen LogP contribution in [0.1, 0.15) is 25.0 Å². The van der Waals surface area contributed by atoms with Gasteiger partial charge in [0.15, 0.2) is 5.75 Å². The Bertz CT molecular complexity index is 1240. The number of nitriles is 1. The largest absolute Gasteiger partial charge is 0.497 e. The van der Waals surface area contributed by atoms with Gasteiger partial charge in [-0.2, -0.15) is 5.26 Å². The molecule has 0 amide bonds. The fraction of sp³-hybridized carbons (Fsp3) is 0.250. The lowest BCUT2D eigenvalue weighted by atomic mass is 9.77. The molecule has 2 aliphatic heterocycles. The van der Waals surface area contributed by atoms with E-state index >= 15 is 0 Å². The molecule has 0 fully saturated rings. The van der Waals surface area contributed by atoms with Gasteiger partial charge in [0.1, 0.15) is 11.4 Å². The molecule has 1 atom stereocenters. The molecule has 0 saturated carbocycles. The van der Waals surface area contributed by atoms with Crippen LogP contribution < -0.4 is 14.4 Å². The summed E-state index contributed by atoms with van der Waals surface area (Å²) in [6, 6.07) is 18.0. The molecule has 5 nitrogen and oxygen atoms in total. The first kappa shape index (κ1) is 17.6. The molecule has 3 aromatic rings. The van der Waals surface area contributed by atoms with Crippen LogP contribution in [0.2, 0.25) is 0 Å². The summed E-state index contributed by atoms with van der Waals surface area (Å²) in [4.78, 5) is 6.99. The SMILES string of the molecule is COc1ccc2c(c1)C(C)(C)C1(C=Nc3c(cc(C#N)c4ccccc34)O1)N2C. The molecule has 0 saturated heterocycles. The quantitative estimate of drug-likeness (QED) is 0.597. The van der Waals surface area contributed by atoms with Crippen LogP contribution in [0.25, 0.3) is 10.8 Å². The highest BCUT2D eigenvalue weighted by molar-refractivity contribution is 6.02. The third-order valence-corrected chi connectivity index (χ3v) is 6.37. The van der Waals surface area contributed by atoms with Gasteiger partial charge in [0, 0.05) is 29.6 Å². The van der Waals surface area contributed by atoms with Gasteiger partial charge in [-0.25, -0.2) is 0 Å². The van der Waals surface area contributed by atoms with E-state index in [1.807, 2.05) is 49.7 Å². The maximum atomic E-state index is 9.68. The van der Waals surface area contributed by atoms with Gasteiger partial charge in [-0.1, -0.05) is 24.3 Å². The monoisotopic (exact) mass is 383 g/mol. The van der Waals surface area contributed by atoms with Crippen molar-refractivity contribution in [2.45, 2.75) is 25.0 Å². The van der Waals surface area contributed by atoms with Crippen LogP contribution in [0.15, 0.2) is 53.5 Å².